The van der Waals surface area contributed by atoms with Crippen LogP contribution in [0.1, 0.15) is 20.3 Å². The van der Waals surface area contributed by atoms with Gasteiger partial charge in [0.1, 0.15) is 0 Å². The predicted molar refractivity (Wildman–Crippen MR) is 64.1 cm³/mol. The molecule has 88 valence electrons. The number of nitrogens with zero attached hydrogens (tertiary/aromatic N) is 1. The van der Waals surface area contributed by atoms with Gasteiger partial charge in [0.05, 0.1) is 6.61 Å². The predicted octanol–water partition coefficient (Wildman–Crippen LogP) is 1.26. The van der Waals surface area contributed by atoms with Crippen molar-refractivity contribution in [1.82, 2.24) is 10.2 Å². The van der Waals surface area contributed by atoms with Gasteiger partial charge in [0.25, 0.3) is 0 Å². The second kappa shape index (κ2) is 6.99. The lowest BCUT2D eigenvalue weighted by Crippen LogP contribution is -2.47. The molecule has 3 nitrogen and oxygen atoms in total. The second-order valence-electron chi connectivity index (χ2n) is 4.43. The van der Waals surface area contributed by atoms with Crippen LogP contribution in [0.15, 0.2) is 12.2 Å². The summed E-state index contributed by atoms with van der Waals surface area (Å²) in [6.07, 6.45) is 5.68. The zero-order valence-electron chi connectivity index (χ0n) is 10.2. The van der Waals surface area contributed by atoms with Gasteiger partial charge in [-0.15, -0.1) is 0 Å². The summed E-state index contributed by atoms with van der Waals surface area (Å²) in [5, 5.41) is 3.48. The van der Waals surface area contributed by atoms with Gasteiger partial charge in [-0.3, -0.25) is 4.90 Å². The third-order valence-electron chi connectivity index (χ3n) is 2.73. The van der Waals surface area contributed by atoms with Crippen LogP contribution in [0.3, 0.4) is 0 Å². The van der Waals surface area contributed by atoms with E-state index in [4.69, 9.17) is 4.74 Å². The maximum Gasteiger partial charge on any atom is 0.0630 e. The van der Waals surface area contributed by atoms with Gasteiger partial charge in [-0.05, 0) is 6.42 Å². The fraction of sp³-hybridized carbons (Fsp3) is 0.833. The van der Waals surface area contributed by atoms with Crippen LogP contribution in [0.5, 0.6) is 0 Å². The first kappa shape index (κ1) is 12.7. The summed E-state index contributed by atoms with van der Waals surface area (Å²) in [6.45, 7) is 8.41. The lowest BCUT2D eigenvalue weighted by molar-refractivity contribution is 0.0940. The molecule has 0 bridgehead atoms. The zero-order chi connectivity index (χ0) is 11.1. The Morgan fingerprint density at radius 2 is 2.20 bits per heavy atom. The van der Waals surface area contributed by atoms with Crippen LogP contribution in [0, 0.1) is 0 Å². The third kappa shape index (κ3) is 4.78. The normalized spacial score (nSPS) is 19.7. The van der Waals surface area contributed by atoms with Gasteiger partial charge in [0, 0.05) is 38.8 Å². The number of nitrogens with one attached hydrogen (secondary N) is 1. The molecule has 1 N–H and O–H groups in total. The molecule has 0 aromatic carbocycles. The van der Waals surface area contributed by atoms with Crippen molar-refractivity contribution in [3.63, 3.8) is 0 Å². The monoisotopic (exact) mass is 212 g/mol. The van der Waals surface area contributed by atoms with Crippen LogP contribution in [-0.4, -0.2) is 50.3 Å². The van der Waals surface area contributed by atoms with Crippen molar-refractivity contribution in [1.29, 1.82) is 0 Å². The Morgan fingerprint density at radius 3 is 2.73 bits per heavy atom. The molecular weight excluding hydrogens is 188 g/mol. The van der Waals surface area contributed by atoms with Gasteiger partial charge in [-0.25, -0.2) is 0 Å². The molecule has 1 aliphatic heterocycles. The van der Waals surface area contributed by atoms with Crippen molar-refractivity contribution >= 4 is 0 Å². The Balaban J connectivity index is 2.37. The molecule has 0 saturated heterocycles. The van der Waals surface area contributed by atoms with E-state index in [2.05, 4.69) is 36.2 Å². The molecule has 1 rings (SSSR count). The zero-order valence-corrected chi connectivity index (χ0v) is 10.2. The molecule has 0 spiro atoms. The van der Waals surface area contributed by atoms with Crippen LogP contribution in [-0.2, 0) is 4.74 Å². The minimum atomic E-state index is 0.502. The van der Waals surface area contributed by atoms with Gasteiger partial charge < -0.3 is 10.1 Å². The van der Waals surface area contributed by atoms with Crippen molar-refractivity contribution in [3.8, 4) is 0 Å². The summed E-state index contributed by atoms with van der Waals surface area (Å²) < 4.78 is 5.28. The smallest absolute Gasteiger partial charge is 0.0630 e. The Hall–Kier alpha value is -0.380. The van der Waals surface area contributed by atoms with Gasteiger partial charge in [0.2, 0.25) is 0 Å². The van der Waals surface area contributed by atoms with Gasteiger partial charge in [-0.2, -0.15) is 0 Å². The highest BCUT2D eigenvalue weighted by molar-refractivity contribution is 4.93. The molecule has 1 aliphatic rings. The molecule has 0 aromatic heterocycles. The first-order valence-corrected chi connectivity index (χ1v) is 5.85. The molecule has 1 heterocycles. The van der Waals surface area contributed by atoms with E-state index in [1.54, 1.807) is 7.11 Å². The van der Waals surface area contributed by atoms with Crippen LogP contribution in [0.25, 0.3) is 0 Å². The van der Waals surface area contributed by atoms with Crippen molar-refractivity contribution in [2.75, 3.05) is 33.4 Å². The van der Waals surface area contributed by atoms with E-state index in [1.165, 1.54) is 6.42 Å². The summed E-state index contributed by atoms with van der Waals surface area (Å²) in [4.78, 5) is 2.48. The Bertz CT molecular complexity index is 192. The summed E-state index contributed by atoms with van der Waals surface area (Å²) >= 11 is 0. The molecule has 0 saturated carbocycles. The van der Waals surface area contributed by atoms with E-state index in [9.17, 15) is 0 Å². The molecule has 1 unspecified atom stereocenters. The van der Waals surface area contributed by atoms with E-state index >= 15 is 0 Å². The molecule has 15 heavy (non-hydrogen) atoms. The number of methoxy groups -OCH3 is 1. The number of ether oxygens (including phenoxy) is 1. The first-order valence-electron chi connectivity index (χ1n) is 5.85. The van der Waals surface area contributed by atoms with E-state index in [0.717, 1.165) is 26.2 Å². The Labute approximate surface area is 93.5 Å². The maximum atomic E-state index is 5.28. The van der Waals surface area contributed by atoms with E-state index in [-0.39, 0.29) is 0 Å². The van der Waals surface area contributed by atoms with E-state index in [1.807, 2.05) is 0 Å². The van der Waals surface area contributed by atoms with Crippen molar-refractivity contribution in [3.05, 3.63) is 12.2 Å². The average Bonchev–Trinajstić information content (AvgIpc) is 2.25. The Morgan fingerprint density at radius 1 is 1.40 bits per heavy atom. The highest BCUT2D eigenvalue weighted by Crippen LogP contribution is 2.06. The maximum absolute atomic E-state index is 5.28. The minimum absolute atomic E-state index is 0.502. The SMILES string of the molecule is COCC(CNC(C)C)N1CC=CCC1. The quantitative estimate of drug-likeness (QED) is 0.671. The molecule has 0 amide bonds. The summed E-state index contributed by atoms with van der Waals surface area (Å²) in [5.41, 5.74) is 0. The Kier molecular flexibility index (Phi) is 5.91. The average molecular weight is 212 g/mol. The van der Waals surface area contributed by atoms with Crippen LogP contribution < -0.4 is 5.32 Å². The number of hydrogen-bond donors (Lipinski definition) is 1. The molecule has 3 heteroatoms. The fourth-order valence-electron chi connectivity index (χ4n) is 1.85. The highest BCUT2D eigenvalue weighted by Gasteiger charge is 2.18. The molecule has 0 fully saturated rings. The molecule has 0 aliphatic carbocycles. The van der Waals surface area contributed by atoms with Gasteiger partial charge in [0.15, 0.2) is 0 Å². The number of rotatable bonds is 6. The van der Waals surface area contributed by atoms with E-state index < -0.39 is 0 Å². The standard InChI is InChI=1S/C12H24N2O/c1-11(2)13-9-12(10-15-3)14-7-5-4-6-8-14/h4-5,11-13H,6-10H2,1-3H3. The van der Waals surface area contributed by atoms with Crippen LogP contribution >= 0.6 is 0 Å². The topological polar surface area (TPSA) is 24.5 Å². The van der Waals surface area contributed by atoms with Crippen molar-refractivity contribution in [2.24, 2.45) is 0 Å². The largest absolute Gasteiger partial charge is 0.383 e. The van der Waals surface area contributed by atoms with Crippen molar-refractivity contribution in [2.45, 2.75) is 32.4 Å². The van der Waals surface area contributed by atoms with E-state index in [0.29, 0.717) is 12.1 Å². The summed E-state index contributed by atoms with van der Waals surface area (Å²) in [5.74, 6) is 0. The fourth-order valence-corrected chi connectivity index (χ4v) is 1.85. The third-order valence-corrected chi connectivity index (χ3v) is 2.73. The second-order valence-corrected chi connectivity index (χ2v) is 4.43. The van der Waals surface area contributed by atoms with Gasteiger partial charge >= 0.3 is 0 Å². The molecular formula is C12H24N2O. The van der Waals surface area contributed by atoms with Crippen molar-refractivity contribution < 1.29 is 4.74 Å². The highest BCUT2D eigenvalue weighted by atomic mass is 16.5. The van der Waals surface area contributed by atoms with Crippen LogP contribution in [0.2, 0.25) is 0 Å². The van der Waals surface area contributed by atoms with Crippen LogP contribution in [0.4, 0.5) is 0 Å². The summed E-state index contributed by atoms with van der Waals surface area (Å²) in [6, 6.07) is 1.05. The summed E-state index contributed by atoms with van der Waals surface area (Å²) in [7, 11) is 1.78. The molecule has 0 radical (unpaired) electrons. The number of hydrogen-bond acceptors (Lipinski definition) is 3. The molecule has 0 aromatic rings. The molecule has 1 atom stereocenters. The minimum Gasteiger partial charge on any atom is -0.383 e. The lowest BCUT2D eigenvalue weighted by Gasteiger charge is -2.32. The lowest BCUT2D eigenvalue weighted by atomic mass is 10.1. The first-order chi connectivity index (χ1) is 7.24. The van der Waals surface area contributed by atoms with Gasteiger partial charge in [-0.1, -0.05) is 26.0 Å².